The monoisotopic (exact) mass is 254 g/mol. The molecule has 0 aliphatic carbocycles. The molecule has 92 valence electrons. The van der Waals surface area contributed by atoms with Crippen LogP contribution in [0.3, 0.4) is 0 Å². The Labute approximate surface area is 105 Å². The van der Waals surface area contributed by atoms with E-state index in [0.29, 0.717) is 17.4 Å². The molecular weight excluding hydrogens is 240 g/mol. The van der Waals surface area contributed by atoms with Crippen LogP contribution in [-0.2, 0) is 4.74 Å². The third kappa shape index (κ3) is 2.15. The minimum Gasteiger partial charge on any atom is -0.490 e. The van der Waals surface area contributed by atoms with Crippen LogP contribution in [0.5, 0.6) is 5.75 Å². The smallest absolute Gasteiger partial charge is 0.125 e. The molecule has 0 spiro atoms. The summed E-state index contributed by atoms with van der Waals surface area (Å²) in [5.41, 5.74) is 0.799. The van der Waals surface area contributed by atoms with Crippen molar-refractivity contribution < 1.29 is 14.6 Å². The first-order valence-corrected chi connectivity index (χ1v) is 6.34. The SMILES string of the molecule is O[C@H]1CC(C2CCOC2)Oc2ccc(Cl)cc21. The predicted octanol–water partition coefficient (Wildman–Crippen LogP) is 2.56. The molecule has 17 heavy (non-hydrogen) atoms. The summed E-state index contributed by atoms with van der Waals surface area (Å²) < 4.78 is 11.3. The third-order valence-electron chi connectivity index (χ3n) is 3.56. The van der Waals surface area contributed by atoms with Gasteiger partial charge in [0, 0.05) is 29.5 Å². The van der Waals surface area contributed by atoms with Crippen LogP contribution in [0, 0.1) is 5.92 Å². The van der Waals surface area contributed by atoms with Gasteiger partial charge < -0.3 is 14.6 Å². The summed E-state index contributed by atoms with van der Waals surface area (Å²) in [4.78, 5) is 0. The number of benzene rings is 1. The molecule has 1 fully saturated rings. The van der Waals surface area contributed by atoms with Crippen molar-refractivity contribution in [3.63, 3.8) is 0 Å². The van der Waals surface area contributed by atoms with Crippen LogP contribution in [0.4, 0.5) is 0 Å². The largest absolute Gasteiger partial charge is 0.490 e. The molecule has 2 aliphatic heterocycles. The lowest BCUT2D eigenvalue weighted by Crippen LogP contribution is -2.33. The highest BCUT2D eigenvalue weighted by Gasteiger charge is 2.34. The fourth-order valence-corrected chi connectivity index (χ4v) is 2.76. The molecule has 0 aromatic heterocycles. The molecule has 3 rings (SSSR count). The molecule has 0 bridgehead atoms. The van der Waals surface area contributed by atoms with Gasteiger partial charge in [0.2, 0.25) is 0 Å². The van der Waals surface area contributed by atoms with Crippen molar-refractivity contribution in [2.45, 2.75) is 25.0 Å². The molecule has 3 atom stereocenters. The van der Waals surface area contributed by atoms with Gasteiger partial charge in [-0.3, -0.25) is 0 Å². The van der Waals surface area contributed by atoms with Gasteiger partial charge in [0.15, 0.2) is 0 Å². The molecule has 1 saturated heterocycles. The summed E-state index contributed by atoms with van der Waals surface area (Å²) in [6, 6.07) is 5.41. The van der Waals surface area contributed by atoms with Gasteiger partial charge in [0.05, 0.1) is 12.7 Å². The average Bonchev–Trinajstić information content (AvgIpc) is 2.83. The van der Waals surface area contributed by atoms with E-state index in [1.807, 2.05) is 6.07 Å². The molecule has 0 radical (unpaired) electrons. The van der Waals surface area contributed by atoms with Crippen LogP contribution >= 0.6 is 11.6 Å². The second-order valence-electron chi connectivity index (χ2n) is 4.71. The van der Waals surface area contributed by atoms with Gasteiger partial charge >= 0.3 is 0 Å². The highest BCUT2D eigenvalue weighted by Crippen LogP contribution is 2.39. The normalized spacial score (nSPS) is 32.0. The zero-order valence-electron chi connectivity index (χ0n) is 9.43. The van der Waals surface area contributed by atoms with Gasteiger partial charge in [0.1, 0.15) is 11.9 Å². The van der Waals surface area contributed by atoms with E-state index in [1.54, 1.807) is 12.1 Å². The average molecular weight is 255 g/mol. The summed E-state index contributed by atoms with van der Waals surface area (Å²) in [5.74, 6) is 1.15. The first kappa shape index (κ1) is 11.3. The van der Waals surface area contributed by atoms with Crippen molar-refractivity contribution in [3.8, 4) is 5.75 Å². The van der Waals surface area contributed by atoms with Crippen LogP contribution in [0.15, 0.2) is 18.2 Å². The van der Waals surface area contributed by atoms with E-state index in [9.17, 15) is 5.11 Å². The maximum absolute atomic E-state index is 10.1. The summed E-state index contributed by atoms with van der Waals surface area (Å²) in [6.45, 7) is 1.54. The molecule has 1 aromatic carbocycles. The Hall–Kier alpha value is -0.770. The number of ether oxygens (including phenoxy) is 2. The van der Waals surface area contributed by atoms with Gasteiger partial charge in [-0.1, -0.05) is 11.6 Å². The maximum Gasteiger partial charge on any atom is 0.125 e. The van der Waals surface area contributed by atoms with Crippen LogP contribution in [0.25, 0.3) is 0 Å². The van der Waals surface area contributed by atoms with Crippen molar-refractivity contribution in [3.05, 3.63) is 28.8 Å². The van der Waals surface area contributed by atoms with E-state index >= 15 is 0 Å². The molecular formula is C13H15ClO3. The number of fused-ring (bicyclic) bond motifs is 1. The Balaban J connectivity index is 1.84. The lowest BCUT2D eigenvalue weighted by molar-refractivity contribution is 0.0302. The first-order valence-electron chi connectivity index (χ1n) is 5.96. The van der Waals surface area contributed by atoms with E-state index in [4.69, 9.17) is 21.1 Å². The second-order valence-corrected chi connectivity index (χ2v) is 5.15. The van der Waals surface area contributed by atoms with Gasteiger partial charge in [0.25, 0.3) is 0 Å². The van der Waals surface area contributed by atoms with E-state index in [-0.39, 0.29) is 6.10 Å². The fraction of sp³-hybridized carbons (Fsp3) is 0.538. The van der Waals surface area contributed by atoms with Crippen LogP contribution in [0.2, 0.25) is 5.02 Å². The summed E-state index contributed by atoms with van der Waals surface area (Å²) >= 11 is 5.92. The number of hydrogen-bond donors (Lipinski definition) is 1. The quantitative estimate of drug-likeness (QED) is 0.837. The molecule has 0 saturated carbocycles. The molecule has 4 heteroatoms. The van der Waals surface area contributed by atoms with Crippen molar-refractivity contribution in [1.82, 2.24) is 0 Å². The number of halogens is 1. The molecule has 2 heterocycles. The van der Waals surface area contributed by atoms with Gasteiger partial charge in [-0.2, -0.15) is 0 Å². The molecule has 1 aromatic rings. The number of aliphatic hydroxyl groups excluding tert-OH is 1. The molecule has 0 amide bonds. The van der Waals surface area contributed by atoms with Crippen molar-refractivity contribution in [2.75, 3.05) is 13.2 Å². The highest BCUT2D eigenvalue weighted by molar-refractivity contribution is 6.30. The second kappa shape index (κ2) is 4.48. The first-order chi connectivity index (χ1) is 8.24. The lowest BCUT2D eigenvalue weighted by Gasteiger charge is -2.32. The Morgan fingerprint density at radius 2 is 2.24 bits per heavy atom. The Morgan fingerprint density at radius 1 is 1.35 bits per heavy atom. The zero-order chi connectivity index (χ0) is 11.8. The molecule has 3 nitrogen and oxygen atoms in total. The summed E-state index contributed by atoms with van der Waals surface area (Å²) in [5, 5.41) is 10.8. The molecule has 2 unspecified atom stereocenters. The fourth-order valence-electron chi connectivity index (χ4n) is 2.58. The Morgan fingerprint density at radius 3 is 3.00 bits per heavy atom. The Kier molecular flexibility index (Phi) is 2.99. The van der Waals surface area contributed by atoms with E-state index in [2.05, 4.69) is 0 Å². The Bertz CT molecular complexity index is 415. The lowest BCUT2D eigenvalue weighted by atomic mass is 9.91. The van der Waals surface area contributed by atoms with E-state index in [0.717, 1.165) is 30.9 Å². The topological polar surface area (TPSA) is 38.7 Å². The van der Waals surface area contributed by atoms with Gasteiger partial charge in [-0.15, -0.1) is 0 Å². The molecule has 1 N–H and O–H groups in total. The number of aliphatic hydroxyl groups is 1. The van der Waals surface area contributed by atoms with Gasteiger partial charge in [-0.05, 0) is 24.6 Å². The van der Waals surface area contributed by atoms with Gasteiger partial charge in [-0.25, -0.2) is 0 Å². The van der Waals surface area contributed by atoms with E-state index < -0.39 is 6.10 Å². The summed E-state index contributed by atoms with van der Waals surface area (Å²) in [6.07, 6.45) is 1.21. The van der Waals surface area contributed by atoms with Crippen LogP contribution < -0.4 is 4.74 Å². The number of rotatable bonds is 1. The molecule has 2 aliphatic rings. The summed E-state index contributed by atoms with van der Waals surface area (Å²) in [7, 11) is 0. The van der Waals surface area contributed by atoms with Crippen LogP contribution in [0.1, 0.15) is 24.5 Å². The number of hydrogen-bond acceptors (Lipinski definition) is 3. The van der Waals surface area contributed by atoms with Crippen molar-refractivity contribution >= 4 is 11.6 Å². The van der Waals surface area contributed by atoms with Crippen molar-refractivity contribution in [1.29, 1.82) is 0 Å². The minimum absolute atomic E-state index is 0.0566. The van der Waals surface area contributed by atoms with Crippen molar-refractivity contribution in [2.24, 2.45) is 5.92 Å². The van der Waals surface area contributed by atoms with Crippen LogP contribution in [-0.4, -0.2) is 24.4 Å². The third-order valence-corrected chi connectivity index (χ3v) is 3.79. The standard InChI is InChI=1S/C13H15ClO3/c14-9-1-2-12-10(5-9)11(15)6-13(17-12)8-3-4-16-7-8/h1-2,5,8,11,13,15H,3-4,6-7H2/t8?,11-,13?/m0/s1. The maximum atomic E-state index is 10.1. The predicted molar refractivity (Wildman–Crippen MR) is 64.4 cm³/mol. The zero-order valence-corrected chi connectivity index (χ0v) is 10.2. The highest BCUT2D eigenvalue weighted by atomic mass is 35.5. The minimum atomic E-state index is -0.483. The van der Waals surface area contributed by atoms with E-state index in [1.165, 1.54) is 0 Å².